The minimum absolute atomic E-state index is 0.0428. The molecule has 0 saturated heterocycles. The van der Waals surface area contributed by atoms with Gasteiger partial charge in [-0.2, -0.15) is 0 Å². The zero-order valence-electron chi connectivity index (χ0n) is 17.1. The molecule has 0 bridgehead atoms. The molecule has 1 fully saturated rings. The van der Waals surface area contributed by atoms with E-state index in [4.69, 9.17) is 0 Å². The van der Waals surface area contributed by atoms with Gasteiger partial charge in [-0.1, -0.05) is 41.5 Å². The molecule has 3 rings (SSSR count). The van der Waals surface area contributed by atoms with Crippen LogP contribution < -0.4 is 10.6 Å². The molecule has 1 saturated carbocycles. The minimum Gasteiger partial charge on any atom is -0.356 e. The Hall–Kier alpha value is -2.10. The zero-order valence-corrected chi connectivity index (χ0v) is 17.1. The highest BCUT2D eigenvalue weighted by molar-refractivity contribution is 5.81. The van der Waals surface area contributed by atoms with E-state index >= 15 is 0 Å². The van der Waals surface area contributed by atoms with Gasteiger partial charge in [-0.3, -0.25) is 9.59 Å². The molecular weight excluding hydrogens is 348 g/mol. The first-order chi connectivity index (χ1) is 13.6. The maximum absolute atomic E-state index is 12.5. The van der Waals surface area contributed by atoms with Crippen LogP contribution in [0.4, 0.5) is 0 Å². The average Bonchev–Trinajstić information content (AvgIpc) is 2.73. The first-order valence-electron chi connectivity index (χ1n) is 10.9. The van der Waals surface area contributed by atoms with Crippen molar-refractivity contribution in [3.05, 3.63) is 47.0 Å². The quantitative estimate of drug-likeness (QED) is 0.686. The van der Waals surface area contributed by atoms with Crippen molar-refractivity contribution in [3.8, 4) is 0 Å². The number of carbonyl (C=O) groups is 2. The summed E-state index contributed by atoms with van der Waals surface area (Å²) in [6, 6.07) is 8.22. The first-order valence-corrected chi connectivity index (χ1v) is 10.9. The van der Waals surface area contributed by atoms with Crippen LogP contribution in [0.2, 0.25) is 0 Å². The fourth-order valence-electron chi connectivity index (χ4n) is 4.40. The third kappa shape index (κ3) is 6.22. The second-order valence-corrected chi connectivity index (χ2v) is 8.40. The largest absolute Gasteiger partial charge is 0.356 e. The van der Waals surface area contributed by atoms with Crippen LogP contribution in [-0.2, 0) is 16.1 Å². The van der Waals surface area contributed by atoms with Crippen LogP contribution in [0.25, 0.3) is 0 Å². The summed E-state index contributed by atoms with van der Waals surface area (Å²) >= 11 is 0. The van der Waals surface area contributed by atoms with Gasteiger partial charge in [0.25, 0.3) is 0 Å². The molecule has 1 aromatic carbocycles. The highest BCUT2D eigenvalue weighted by Gasteiger charge is 2.29. The molecule has 152 valence electrons. The smallest absolute Gasteiger partial charge is 0.223 e. The monoisotopic (exact) mass is 382 g/mol. The summed E-state index contributed by atoms with van der Waals surface area (Å²) in [4.78, 5) is 24.9. The lowest BCUT2D eigenvalue weighted by Crippen LogP contribution is -2.37. The summed E-state index contributed by atoms with van der Waals surface area (Å²) in [5, 5.41) is 6.18. The number of allylic oxidation sites excluding steroid dienone is 1. The van der Waals surface area contributed by atoms with Crippen LogP contribution in [-0.4, -0.2) is 18.4 Å². The molecule has 2 aliphatic rings. The van der Waals surface area contributed by atoms with Gasteiger partial charge < -0.3 is 10.6 Å². The Bertz CT molecular complexity index is 702. The van der Waals surface area contributed by atoms with Crippen molar-refractivity contribution in [1.82, 2.24) is 10.6 Å². The van der Waals surface area contributed by atoms with Crippen LogP contribution in [0, 0.1) is 18.8 Å². The van der Waals surface area contributed by atoms with E-state index in [9.17, 15) is 9.59 Å². The maximum Gasteiger partial charge on any atom is 0.223 e. The van der Waals surface area contributed by atoms with Crippen LogP contribution in [0.1, 0.15) is 68.9 Å². The standard InChI is InChI=1S/C24H34N2O2/c1-18-6-5-9-20(16-18)17-26-24(28)22-12-10-21(11-13-22)23(27)25-15-14-19-7-3-2-4-8-19/h5-7,9,16,21-22H,2-4,8,10-15,17H2,1H3,(H,25,27)(H,26,28). The predicted octanol–water partition coefficient (Wildman–Crippen LogP) is 4.42. The fourth-order valence-corrected chi connectivity index (χ4v) is 4.40. The summed E-state index contributed by atoms with van der Waals surface area (Å²) in [5.41, 5.74) is 3.84. The molecule has 28 heavy (non-hydrogen) atoms. The van der Waals surface area contributed by atoms with Crippen LogP contribution in [0.15, 0.2) is 35.9 Å². The van der Waals surface area contributed by atoms with E-state index in [-0.39, 0.29) is 23.7 Å². The molecule has 0 spiro atoms. The molecule has 4 heteroatoms. The van der Waals surface area contributed by atoms with Crippen molar-refractivity contribution in [2.24, 2.45) is 11.8 Å². The van der Waals surface area contributed by atoms with Crippen LogP contribution >= 0.6 is 0 Å². The molecule has 0 atom stereocenters. The van der Waals surface area contributed by atoms with Gasteiger partial charge in [-0.15, -0.1) is 0 Å². The lowest BCUT2D eigenvalue weighted by atomic mass is 9.81. The number of hydrogen-bond donors (Lipinski definition) is 2. The topological polar surface area (TPSA) is 58.2 Å². The van der Waals surface area contributed by atoms with Gasteiger partial charge in [0.15, 0.2) is 0 Å². The minimum atomic E-state index is 0.0428. The number of nitrogens with one attached hydrogen (secondary N) is 2. The van der Waals surface area contributed by atoms with E-state index in [0.717, 1.165) is 44.2 Å². The Kier molecular flexibility index (Phi) is 7.70. The number of hydrogen-bond acceptors (Lipinski definition) is 2. The molecule has 0 heterocycles. The average molecular weight is 383 g/mol. The first kappa shape index (κ1) is 20.6. The van der Waals surface area contributed by atoms with Gasteiger partial charge in [0.05, 0.1) is 0 Å². The van der Waals surface area contributed by atoms with Crippen molar-refractivity contribution < 1.29 is 9.59 Å². The SMILES string of the molecule is Cc1cccc(CNC(=O)C2CCC(C(=O)NCCC3=CCCCC3)CC2)c1. The Morgan fingerprint density at radius 1 is 1.00 bits per heavy atom. The summed E-state index contributed by atoms with van der Waals surface area (Å²) in [5.74, 6) is 0.419. The van der Waals surface area contributed by atoms with Crippen molar-refractivity contribution in [1.29, 1.82) is 0 Å². The Balaban J connectivity index is 1.34. The Labute approximate surface area is 169 Å². The van der Waals surface area contributed by atoms with Crippen LogP contribution in [0.3, 0.4) is 0 Å². The van der Waals surface area contributed by atoms with Crippen molar-refractivity contribution in [2.45, 2.75) is 71.3 Å². The lowest BCUT2D eigenvalue weighted by molar-refractivity contribution is -0.130. The van der Waals surface area contributed by atoms with E-state index in [0.29, 0.717) is 6.54 Å². The number of amides is 2. The molecule has 0 radical (unpaired) electrons. The molecule has 0 aliphatic heterocycles. The lowest BCUT2D eigenvalue weighted by Gasteiger charge is -2.27. The van der Waals surface area contributed by atoms with E-state index in [1.807, 2.05) is 12.1 Å². The van der Waals surface area contributed by atoms with Crippen LogP contribution in [0.5, 0.6) is 0 Å². The van der Waals surface area contributed by atoms with Gasteiger partial charge in [0.2, 0.25) is 11.8 Å². The number of carbonyl (C=O) groups excluding carboxylic acids is 2. The molecule has 0 aromatic heterocycles. The highest BCUT2D eigenvalue weighted by Crippen LogP contribution is 2.29. The van der Waals surface area contributed by atoms with Gasteiger partial charge in [-0.25, -0.2) is 0 Å². The normalized spacial score (nSPS) is 22.2. The van der Waals surface area contributed by atoms with Gasteiger partial charge in [0.1, 0.15) is 0 Å². The summed E-state index contributed by atoms with van der Waals surface area (Å²) in [6.45, 7) is 3.39. The zero-order chi connectivity index (χ0) is 19.8. The third-order valence-electron chi connectivity index (χ3n) is 6.15. The van der Waals surface area contributed by atoms with E-state index in [2.05, 4.69) is 35.8 Å². The van der Waals surface area contributed by atoms with E-state index in [1.165, 1.54) is 36.8 Å². The second kappa shape index (κ2) is 10.4. The second-order valence-electron chi connectivity index (χ2n) is 8.40. The number of aryl methyl sites for hydroxylation is 1. The van der Waals surface area contributed by atoms with Crippen molar-refractivity contribution >= 4 is 11.8 Å². The Morgan fingerprint density at radius 2 is 1.71 bits per heavy atom. The molecule has 2 aliphatic carbocycles. The number of rotatable bonds is 7. The molecule has 1 aromatic rings. The molecule has 0 unspecified atom stereocenters. The number of benzene rings is 1. The molecule has 2 amide bonds. The van der Waals surface area contributed by atoms with E-state index in [1.54, 1.807) is 0 Å². The summed E-state index contributed by atoms with van der Waals surface area (Å²) < 4.78 is 0. The Morgan fingerprint density at radius 3 is 2.36 bits per heavy atom. The molecule has 2 N–H and O–H groups in total. The van der Waals surface area contributed by atoms with Gasteiger partial charge in [0, 0.05) is 24.9 Å². The summed E-state index contributed by atoms with van der Waals surface area (Å²) in [6.07, 6.45) is 11.6. The molecular formula is C24H34N2O2. The predicted molar refractivity (Wildman–Crippen MR) is 113 cm³/mol. The van der Waals surface area contributed by atoms with Gasteiger partial charge >= 0.3 is 0 Å². The van der Waals surface area contributed by atoms with Crippen molar-refractivity contribution in [3.63, 3.8) is 0 Å². The van der Waals surface area contributed by atoms with Gasteiger partial charge in [-0.05, 0) is 70.3 Å². The van der Waals surface area contributed by atoms with E-state index < -0.39 is 0 Å². The maximum atomic E-state index is 12.5. The third-order valence-corrected chi connectivity index (χ3v) is 6.15. The highest BCUT2D eigenvalue weighted by atomic mass is 16.2. The molecule has 4 nitrogen and oxygen atoms in total. The van der Waals surface area contributed by atoms with Crippen molar-refractivity contribution in [2.75, 3.05) is 6.54 Å². The fraction of sp³-hybridized carbons (Fsp3) is 0.583. The summed E-state index contributed by atoms with van der Waals surface area (Å²) in [7, 11) is 0.